The fourth-order valence-electron chi connectivity index (χ4n) is 1.92. The van der Waals surface area contributed by atoms with Gasteiger partial charge in [0, 0.05) is 5.71 Å². The van der Waals surface area contributed by atoms with E-state index in [0.29, 0.717) is 6.54 Å². The molecule has 0 aliphatic heterocycles. The minimum atomic E-state index is 0.639. The summed E-state index contributed by atoms with van der Waals surface area (Å²) in [5, 5.41) is 0. The van der Waals surface area contributed by atoms with Crippen molar-refractivity contribution in [3.63, 3.8) is 0 Å². The van der Waals surface area contributed by atoms with Crippen LogP contribution in [0.5, 0.6) is 11.5 Å². The zero-order chi connectivity index (χ0) is 14.4. The van der Waals surface area contributed by atoms with Gasteiger partial charge in [0.2, 0.25) is 0 Å². The molecule has 0 fully saturated rings. The van der Waals surface area contributed by atoms with Gasteiger partial charge in [0.1, 0.15) is 11.5 Å². The molecule has 2 rings (SSSR count). The first-order chi connectivity index (χ1) is 9.72. The topological polar surface area (TPSA) is 30.8 Å². The van der Waals surface area contributed by atoms with Crippen molar-refractivity contribution in [1.29, 1.82) is 0 Å². The highest BCUT2D eigenvalue weighted by Crippen LogP contribution is 2.16. The highest BCUT2D eigenvalue weighted by atomic mass is 16.5. The van der Waals surface area contributed by atoms with Crippen LogP contribution in [0.25, 0.3) is 0 Å². The Morgan fingerprint density at radius 2 is 1.60 bits per heavy atom. The first-order valence-corrected chi connectivity index (χ1v) is 6.51. The predicted molar refractivity (Wildman–Crippen MR) is 81.9 cm³/mol. The Balaban J connectivity index is 2.13. The van der Waals surface area contributed by atoms with Crippen LogP contribution in [-0.4, -0.2) is 19.9 Å². The van der Waals surface area contributed by atoms with Crippen molar-refractivity contribution in [2.24, 2.45) is 4.99 Å². The quantitative estimate of drug-likeness (QED) is 0.775. The molecule has 0 radical (unpaired) electrons. The van der Waals surface area contributed by atoms with Crippen molar-refractivity contribution < 1.29 is 9.47 Å². The number of ether oxygens (including phenoxy) is 2. The van der Waals surface area contributed by atoms with E-state index in [4.69, 9.17) is 9.47 Å². The molecule has 0 saturated carbocycles. The first-order valence-electron chi connectivity index (χ1n) is 6.51. The Morgan fingerprint density at radius 3 is 2.30 bits per heavy atom. The SMILES string of the molecule is COc1cccc(CN=C(C)c2cccc(OC)c2)c1. The summed E-state index contributed by atoms with van der Waals surface area (Å²) in [6.45, 7) is 2.65. The van der Waals surface area contributed by atoms with Crippen LogP contribution in [0, 0.1) is 0 Å². The maximum absolute atomic E-state index is 5.23. The average molecular weight is 269 g/mol. The highest BCUT2D eigenvalue weighted by molar-refractivity contribution is 5.99. The Kier molecular flexibility index (Phi) is 4.77. The summed E-state index contributed by atoms with van der Waals surface area (Å²) >= 11 is 0. The zero-order valence-electron chi connectivity index (χ0n) is 12.1. The van der Waals surface area contributed by atoms with Crippen molar-refractivity contribution in [2.45, 2.75) is 13.5 Å². The van der Waals surface area contributed by atoms with Crippen molar-refractivity contribution in [3.05, 3.63) is 59.7 Å². The van der Waals surface area contributed by atoms with Crippen LogP contribution in [0.2, 0.25) is 0 Å². The fraction of sp³-hybridized carbons (Fsp3) is 0.235. The summed E-state index contributed by atoms with van der Waals surface area (Å²) < 4.78 is 10.4. The molecule has 0 aliphatic rings. The normalized spacial score (nSPS) is 11.2. The summed E-state index contributed by atoms with van der Waals surface area (Å²) in [5.41, 5.74) is 3.20. The van der Waals surface area contributed by atoms with Gasteiger partial charge in [0.05, 0.1) is 20.8 Å². The summed E-state index contributed by atoms with van der Waals surface area (Å²) in [7, 11) is 3.34. The Bertz CT molecular complexity index is 605. The molecule has 0 spiro atoms. The molecule has 0 unspecified atom stereocenters. The number of aliphatic imine (C=N–C) groups is 1. The molecule has 104 valence electrons. The molecule has 0 bridgehead atoms. The smallest absolute Gasteiger partial charge is 0.119 e. The van der Waals surface area contributed by atoms with Crippen LogP contribution >= 0.6 is 0 Å². The van der Waals surface area contributed by atoms with Crippen molar-refractivity contribution in [3.8, 4) is 11.5 Å². The van der Waals surface area contributed by atoms with Gasteiger partial charge in [-0.3, -0.25) is 4.99 Å². The van der Waals surface area contributed by atoms with Crippen molar-refractivity contribution in [2.75, 3.05) is 14.2 Å². The second kappa shape index (κ2) is 6.75. The van der Waals surface area contributed by atoms with Gasteiger partial charge in [-0.05, 0) is 42.3 Å². The van der Waals surface area contributed by atoms with Crippen LogP contribution in [0.15, 0.2) is 53.5 Å². The predicted octanol–water partition coefficient (Wildman–Crippen LogP) is 3.71. The number of hydrogen-bond donors (Lipinski definition) is 0. The molecular formula is C17H19NO2. The van der Waals surface area contributed by atoms with E-state index in [1.807, 2.05) is 55.5 Å². The molecule has 0 N–H and O–H groups in total. The number of nitrogens with zero attached hydrogens (tertiary/aromatic N) is 1. The third-order valence-corrected chi connectivity index (χ3v) is 3.12. The maximum atomic E-state index is 5.23. The third-order valence-electron chi connectivity index (χ3n) is 3.12. The van der Waals surface area contributed by atoms with Gasteiger partial charge in [-0.25, -0.2) is 0 Å². The Hall–Kier alpha value is -2.29. The van der Waals surface area contributed by atoms with Crippen LogP contribution in [0.1, 0.15) is 18.1 Å². The van der Waals surface area contributed by atoms with E-state index >= 15 is 0 Å². The number of hydrogen-bond acceptors (Lipinski definition) is 3. The highest BCUT2D eigenvalue weighted by Gasteiger charge is 2.00. The zero-order valence-corrected chi connectivity index (χ0v) is 12.1. The third kappa shape index (κ3) is 3.60. The molecule has 0 aliphatic carbocycles. The monoisotopic (exact) mass is 269 g/mol. The molecule has 3 nitrogen and oxygen atoms in total. The molecule has 2 aromatic carbocycles. The molecular weight excluding hydrogens is 250 g/mol. The minimum Gasteiger partial charge on any atom is -0.497 e. The summed E-state index contributed by atoms with van der Waals surface area (Å²) in [6, 6.07) is 15.9. The standard InChI is InChI=1S/C17H19NO2/c1-13(15-7-5-9-17(11-15)20-3)18-12-14-6-4-8-16(10-14)19-2/h4-11H,12H2,1-3H3. The lowest BCUT2D eigenvalue weighted by atomic mass is 10.1. The molecule has 0 atom stereocenters. The van der Waals surface area contributed by atoms with Crippen LogP contribution in [0.4, 0.5) is 0 Å². The van der Waals surface area contributed by atoms with Gasteiger partial charge in [0.15, 0.2) is 0 Å². The van der Waals surface area contributed by atoms with Gasteiger partial charge in [0.25, 0.3) is 0 Å². The average Bonchev–Trinajstić information content (AvgIpc) is 2.52. The molecule has 2 aromatic rings. The first kappa shape index (κ1) is 14.1. The maximum Gasteiger partial charge on any atom is 0.119 e. The lowest BCUT2D eigenvalue weighted by Gasteiger charge is -2.05. The summed E-state index contributed by atoms with van der Waals surface area (Å²) in [6.07, 6.45) is 0. The minimum absolute atomic E-state index is 0.639. The van der Waals surface area contributed by atoms with E-state index in [-0.39, 0.29) is 0 Å². The van der Waals surface area contributed by atoms with E-state index in [0.717, 1.165) is 28.3 Å². The largest absolute Gasteiger partial charge is 0.497 e. The van der Waals surface area contributed by atoms with Gasteiger partial charge in [-0.1, -0.05) is 24.3 Å². The molecule has 0 aromatic heterocycles. The van der Waals surface area contributed by atoms with E-state index in [1.54, 1.807) is 14.2 Å². The second-order valence-corrected chi connectivity index (χ2v) is 4.49. The molecule has 0 heterocycles. The lowest BCUT2D eigenvalue weighted by Crippen LogP contribution is -1.97. The molecule has 0 saturated heterocycles. The van der Waals surface area contributed by atoms with E-state index in [9.17, 15) is 0 Å². The molecule has 0 amide bonds. The van der Waals surface area contributed by atoms with Crippen LogP contribution in [0.3, 0.4) is 0 Å². The van der Waals surface area contributed by atoms with Crippen LogP contribution < -0.4 is 9.47 Å². The lowest BCUT2D eigenvalue weighted by molar-refractivity contribution is 0.414. The Labute approximate surface area is 119 Å². The van der Waals surface area contributed by atoms with Gasteiger partial charge < -0.3 is 9.47 Å². The number of methoxy groups -OCH3 is 2. The number of rotatable bonds is 5. The summed E-state index contributed by atoms with van der Waals surface area (Å²) in [5.74, 6) is 1.70. The van der Waals surface area contributed by atoms with Gasteiger partial charge >= 0.3 is 0 Å². The van der Waals surface area contributed by atoms with Gasteiger partial charge in [-0.2, -0.15) is 0 Å². The molecule has 3 heteroatoms. The molecule has 20 heavy (non-hydrogen) atoms. The number of benzene rings is 2. The van der Waals surface area contributed by atoms with E-state index in [2.05, 4.69) is 4.99 Å². The summed E-state index contributed by atoms with van der Waals surface area (Å²) in [4.78, 5) is 4.62. The van der Waals surface area contributed by atoms with Crippen LogP contribution in [-0.2, 0) is 6.54 Å². The fourth-order valence-corrected chi connectivity index (χ4v) is 1.92. The Morgan fingerprint density at radius 1 is 0.950 bits per heavy atom. The van der Waals surface area contributed by atoms with Crippen molar-refractivity contribution in [1.82, 2.24) is 0 Å². The van der Waals surface area contributed by atoms with E-state index in [1.165, 1.54) is 0 Å². The van der Waals surface area contributed by atoms with Crippen molar-refractivity contribution >= 4 is 5.71 Å². The van der Waals surface area contributed by atoms with E-state index < -0.39 is 0 Å². The van der Waals surface area contributed by atoms with Gasteiger partial charge in [-0.15, -0.1) is 0 Å². The second-order valence-electron chi connectivity index (χ2n) is 4.49.